The molecule has 8 nitrogen and oxygen atoms in total. The second-order valence-electron chi connectivity index (χ2n) is 7.42. The second kappa shape index (κ2) is 10.4. The van der Waals surface area contributed by atoms with Crippen molar-refractivity contribution < 1.29 is 14.6 Å². The van der Waals surface area contributed by atoms with Crippen molar-refractivity contribution in [1.29, 1.82) is 0 Å². The van der Waals surface area contributed by atoms with Crippen molar-refractivity contribution in [2.75, 3.05) is 24.4 Å². The van der Waals surface area contributed by atoms with E-state index in [-0.39, 0.29) is 12.5 Å². The molecule has 0 unspecified atom stereocenters. The monoisotopic (exact) mass is 443 g/mol. The van der Waals surface area contributed by atoms with Crippen LogP contribution < -0.4 is 15.4 Å². The maximum atomic E-state index is 12.4. The molecule has 3 N–H and O–H groups in total. The molecule has 4 rings (SSSR count). The van der Waals surface area contributed by atoms with E-state index in [1.54, 1.807) is 36.1 Å². The summed E-state index contributed by atoms with van der Waals surface area (Å²) in [4.78, 5) is 12.4. The fraction of sp³-hybridized carbons (Fsp3) is 0.160. The van der Waals surface area contributed by atoms with Crippen LogP contribution in [0.2, 0.25) is 0 Å². The molecular weight excluding hydrogens is 418 g/mol. The summed E-state index contributed by atoms with van der Waals surface area (Å²) in [6.07, 6.45) is 3.22. The molecule has 0 saturated carbocycles. The molecule has 0 aliphatic heterocycles. The number of aromatic nitrogens is 3. The zero-order valence-electron chi connectivity index (χ0n) is 18.2. The van der Waals surface area contributed by atoms with Crippen molar-refractivity contribution in [2.24, 2.45) is 0 Å². The number of rotatable bonds is 9. The minimum atomic E-state index is -0.183. The third-order valence-corrected chi connectivity index (χ3v) is 5.03. The van der Waals surface area contributed by atoms with Gasteiger partial charge in [-0.05, 0) is 79.6 Å². The summed E-state index contributed by atoms with van der Waals surface area (Å²) < 4.78 is 6.84. The van der Waals surface area contributed by atoms with Gasteiger partial charge < -0.3 is 20.5 Å². The molecule has 0 fully saturated rings. The highest BCUT2D eigenvalue weighted by molar-refractivity contribution is 6.04. The quantitative estimate of drug-likeness (QED) is 0.358. The largest absolute Gasteiger partial charge is 0.497 e. The van der Waals surface area contributed by atoms with Crippen molar-refractivity contribution in [2.45, 2.75) is 12.8 Å². The Morgan fingerprint density at radius 2 is 1.76 bits per heavy atom. The van der Waals surface area contributed by atoms with Crippen molar-refractivity contribution in [3.05, 3.63) is 90.3 Å². The summed E-state index contributed by atoms with van der Waals surface area (Å²) in [6, 6.07) is 22.3. The van der Waals surface area contributed by atoms with Crippen LogP contribution >= 0.6 is 0 Å². The van der Waals surface area contributed by atoms with Gasteiger partial charge in [-0.15, -0.1) is 5.10 Å². The van der Waals surface area contributed by atoms with Gasteiger partial charge in [0, 0.05) is 29.2 Å². The van der Waals surface area contributed by atoms with Gasteiger partial charge in [0.25, 0.3) is 5.91 Å². The fourth-order valence-corrected chi connectivity index (χ4v) is 3.27. The number of carbonyl (C=O) groups excluding carboxylic acids is 1. The molecule has 0 aliphatic rings. The van der Waals surface area contributed by atoms with Gasteiger partial charge >= 0.3 is 0 Å². The molecule has 168 valence electrons. The predicted molar refractivity (Wildman–Crippen MR) is 127 cm³/mol. The van der Waals surface area contributed by atoms with Crippen LogP contribution in [0, 0.1) is 0 Å². The van der Waals surface area contributed by atoms with E-state index in [1.165, 1.54) is 0 Å². The average molecular weight is 444 g/mol. The van der Waals surface area contributed by atoms with Gasteiger partial charge in [0.1, 0.15) is 5.75 Å². The number of ether oxygens (including phenoxy) is 1. The number of nitrogens with one attached hydrogen (secondary N) is 2. The Kier molecular flexibility index (Phi) is 6.96. The molecule has 0 spiro atoms. The van der Waals surface area contributed by atoms with E-state index in [4.69, 9.17) is 9.84 Å². The predicted octanol–water partition coefficient (Wildman–Crippen LogP) is 4.20. The van der Waals surface area contributed by atoms with Crippen molar-refractivity contribution >= 4 is 23.0 Å². The number of anilines is 3. The lowest BCUT2D eigenvalue weighted by Crippen LogP contribution is -2.11. The number of aryl methyl sites for hydroxylation is 1. The number of nitrogens with zero attached hydrogens (tertiary/aromatic N) is 3. The topological polar surface area (TPSA) is 101 Å². The number of benzene rings is 3. The molecule has 33 heavy (non-hydrogen) atoms. The van der Waals surface area contributed by atoms with E-state index in [1.807, 2.05) is 54.7 Å². The second-order valence-corrected chi connectivity index (χ2v) is 7.42. The van der Waals surface area contributed by atoms with Crippen molar-refractivity contribution in [3.63, 3.8) is 0 Å². The van der Waals surface area contributed by atoms with Crippen LogP contribution in [0.1, 0.15) is 22.5 Å². The summed E-state index contributed by atoms with van der Waals surface area (Å²) in [5, 5.41) is 23.5. The Morgan fingerprint density at radius 3 is 2.48 bits per heavy atom. The molecule has 8 heteroatoms. The first-order chi connectivity index (χ1) is 16.1. The number of hydrogen-bond acceptors (Lipinski definition) is 6. The van der Waals surface area contributed by atoms with Crippen LogP contribution in [0.25, 0.3) is 5.69 Å². The van der Waals surface area contributed by atoms with E-state index in [2.05, 4.69) is 20.9 Å². The first-order valence-electron chi connectivity index (χ1n) is 10.6. The van der Waals surface area contributed by atoms with Gasteiger partial charge in [-0.25, -0.2) is 4.68 Å². The lowest BCUT2D eigenvalue weighted by Gasteiger charge is -2.10. The fourth-order valence-electron chi connectivity index (χ4n) is 3.27. The lowest BCUT2D eigenvalue weighted by atomic mass is 10.2. The molecule has 1 amide bonds. The number of aliphatic hydroxyl groups is 1. The number of hydrogen-bond donors (Lipinski definition) is 3. The molecule has 0 saturated heterocycles. The summed E-state index contributed by atoms with van der Waals surface area (Å²) in [5.41, 5.74) is 4.77. The standard InChI is InChI=1S/C25H25N5O3/c1-33-24-13-7-18(8-14-24)25(32)27-20-11-9-19(10-12-20)26-21-4-2-6-23(16-21)30-17-22(28-29-30)5-3-15-31/h2,4,6-14,16-17,26,31H,3,5,15H2,1H3,(H,27,32). The van der Waals surface area contributed by atoms with Gasteiger partial charge in [-0.2, -0.15) is 0 Å². The average Bonchev–Trinajstić information content (AvgIpc) is 3.33. The molecule has 0 aliphatic carbocycles. The van der Waals surface area contributed by atoms with Crippen molar-refractivity contribution in [3.8, 4) is 11.4 Å². The zero-order chi connectivity index (χ0) is 23.0. The highest BCUT2D eigenvalue weighted by Gasteiger charge is 2.07. The molecule has 1 heterocycles. The summed E-state index contributed by atoms with van der Waals surface area (Å²) in [5.74, 6) is 0.522. The molecule has 1 aromatic heterocycles. The minimum absolute atomic E-state index is 0.135. The van der Waals surface area contributed by atoms with Crippen LogP contribution in [0.3, 0.4) is 0 Å². The summed E-state index contributed by atoms with van der Waals surface area (Å²) >= 11 is 0. The van der Waals surface area contributed by atoms with E-state index in [9.17, 15) is 4.79 Å². The molecule has 0 atom stereocenters. The SMILES string of the molecule is COc1ccc(C(=O)Nc2ccc(Nc3cccc(-n4cc(CCCO)nn4)c3)cc2)cc1. The van der Waals surface area contributed by atoms with Gasteiger partial charge in [-0.1, -0.05) is 11.3 Å². The van der Waals surface area contributed by atoms with Crippen LogP contribution in [0.5, 0.6) is 5.75 Å². The Hall–Kier alpha value is -4.17. The summed E-state index contributed by atoms with van der Waals surface area (Å²) in [7, 11) is 1.59. The molecular formula is C25H25N5O3. The maximum absolute atomic E-state index is 12.4. The first kappa shape index (κ1) is 22.0. The Labute approximate surface area is 191 Å². The van der Waals surface area contributed by atoms with Crippen LogP contribution in [0.4, 0.5) is 17.1 Å². The highest BCUT2D eigenvalue weighted by Crippen LogP contribution is 2.22. The van der Waals surface area contributed by atoms with Crippen LogP contribution in [-0.2, 0) is 6.42 Å². The smallest absolute Gasteiger partial charge is 0.255 e. The van der Waals surface area contributed by atoms with Gasteiger partial charge in [-0.3, -0.25) is 4.79 Å². The highest BCUT2D eigenvalue weighted by atomic mass is 16.5. The Morgan fingerprint density at radius 1 is 1.00 bits per heavy atom. The Bertz CT molecular complexity index is 1200. The lowest BCUT2D eigenvalue weighted by molar-refractivity contribution is 0.102. The number of aliphatic hydroxyl groups excluding tert-OH is 1. The summed E-state index contributed by atoms with van der Waals surface area (Å²) in [6.45, 7) is 0.135. The van der Waals surface area contributed by atoms with Gasteiger partial charge in [0.15, 0.2) is 0 Å². The number of methoxy groups -OCH3 is 1. The molecule has 0 bridgehead atoms. The third kappa shape index (κ3) is 5.75. The van der Waals surface area contributed by atoms with Gasteiger partial charge in [0.2, 0.25) is 0 Å². The normalized spacial score (nSPS) is 10.6. The van der Waals surface area contributed by atoms with Crippen molar-refractivity contribution in [1.82, 2.24) is 15.0 Å². The van der Waals surface area contributed by atoms with E-state index >= 15 is 0 Å². The zero-order valence-corrected chi connectivity index (χ0v) is 18.2. The van der Waals surface area contributed by atoms with E-state index < -0.39 is 0 Å². The van der Waals surface area contributed by atoms with Gasteiger partial charge in [0.05, 0.1) is 24.7 Å². The number of amides is 1. The Balaban J connectivity index is 1.39. The van der Waals surface area contributed by atoms with Crippen LogP contribution in [-0.4, -0.2) is 39.7 Å². The first-order valence-corrected chi connectivity index (χ1v) is 10.6. The maximum Gasteiger partial charge on any atom is 0.255 e. The van der Waals surface area contributed by atoms with E-state index in [0.29, 0.717) is 29.8 Å². The van der Waals surface area contributed by atoms with Crippen LogP contribution in [0.15, 0.2) is 79.0 Å². The molecule has 3 aromatic carbocycles. The minimum Gasteiger partial charge on any atom is -0.497 e. The molecule has 0 radical (unpaired) electrons. The molecule has 4 aromatic rings. The van der Waals surface area contributed by atoms with E-state index in [0.717, 1.165) is 22.8 Å². The number of carbonyl (C=O) groups is 1. The third-order valence-electron chi connectivity index (χ3n) is 5.03.